The number of aromatic nitrogens is 1. The van der Waals surface area contributed by atoms with Crippen LogP contribution in [0.15, 0.2) is 12.3 Å². The standard InChI is InChI=1S/C10H12Cl2N2O/c1-14-3-2-7(14)6-15-8-4-9(11)10(12)13-5-8/h4-5,7H,2-3,6H2,1H3/t7-/m0/s1. The molecule has 0 radical (unpaired) electrons. The summed E-state index contributed by atoms with van der Waals surface area (Å²) in [5.41, 5.74) is 0. The van der Waals surface area contributed by atoms with E-state index in [-0.39, 0.29) is 0 Å². The van der Waals surface area contributed by atoms with Crippen molar-refractivity contribution < 1.29 is 4.74 Å². The van der Waals surface area contributed by atoms with Gasteiger partial charge < -0.3 is 4.74 Å². The van der Waals surface area contributed by atoms with Gasteiger partial charge in [0.2, 0.25) is 0 Å². The van der Waals surface area contributed by atoms with Gasteiger partial charge in [0.1, 0.15) is 17.5 Å². The molecule has 15 heavy (non-hydrogen) atoms. The third-order valence-electron chi connectivity index (χ3n) is 2.65. The molecule has 0 spiro atoms. The van der Waals surface area contributed by atoms with Gasteiger partial charge in [0, 0.05) is 12.1 Å². The Bertz CT molecular complexity index is 359. The summed E-state index contributed by atoms with van der Waals surface area (Å²) in [5, 5.41) is 0.737. The van der Waals surface area contributed by atoms with Gasteiger partial charge in [-0.25, -0.2) is 4.98 Å². The Hall–Kier alpha value is -0.510. The lowest BCUT2D eigenvalue weighted by molar-refractivity contribution is 0.0767. The minimum Gasteiger partial charge on any atom is -0.490 e. The number of hydrogen-bond acceptors (Lipinski definition) is 3. The van der Waals surface area contributed by atoms with E-state index in [1.165, 1.54) is 6.42 Å². The molecule has 0 N–H and O–H groups in total. The van der Waals surface area contributed by atoms with Crippen LogP contribution in [0.4, 0.5) is 0 Å². The van der Waals surface area contributed by atoms with Crippen molar-refractivity contribution >= 4 is 23.2 Å². The quantitative estimate of drug-likeness (QED) is 0.767. The molecule has 1 fully saturated rings. The Morgan fingerprint density at radius 2 is 2.40 bits per heavy atom. The first kappa shape index (κ1) is 11.0. The lowest BCUT2D eigenvalue weighted by Crippen LogP contribution is -2.48. The van der Waals surface area contributed by atoms with Gasteiger partial charge in [0.15, 0.2) is 0 Å². The fourth-order valence-corrected chi connectivity index (χ4v) is 1.72. The van der Waals surface area contributed by atoms with Gasteiger partial charge in [-0.15, -0.1) is 0 Å². The second-order valence-electron chi connectivity index (χ2n) is 3.68. The highest BCUT2D eigenvalue weighted by Gasteiger charge is 2.24. The van der Waals surface area contributed by atoms with Crippen LogP contribution in [0.25, 0.3) is 0 Å². The molecule has 0 amide bonds. The van der Waals surface area contributed by atoms with Crippen molar-refractivity contribution in [3.63, 3.8) is 0 Å². The summed E-state index contributed by atoms with van der Waals surface area (Å²) < 4.78 is 5.57. The topological polar surface area (TPSA) is 25.4 Å². The molecule has 0 unspecified atom stereocenters. The zero-order valence-corrected chi connectivity index (χ0v) is 9.92. The predicted molar refractivity (Wildman–Crippen MR) is 60.8 cm³/mol. The first-order valence-corrected chi connectivity index (χ1v) is 5.56. The molecule has 0 saturated carbocycles. The van der Waals surface area contributed by atoms with E-state index in [4.69, 9.17) is 27.9 Å². The molecule has 82 valence electrons. The maximum Gasteiger partial charge on any atom is 0.147 e. The van der Waals surface area contributed by atoms with Crippen LogP contribution in [-0.4, -0.2) is 36.1 Å². The highest BCUT2D eigenvalue weighted by molar-refractivity contribution is 6.41. The number of likely N-dealkylation sites (tertiary alicyclic amines) is 1. The van der Waals surface area contributed by atoms with E-state index in [1.54, 1.807) is 12.3 Å². The number of nitrogens with zero attached hydrogens (tertiary/aromatic N) is 2. The van der Waals surface area contributed by atoms with Gasteiger partial charge in [-0.1, -0.05) is 23.2 Å². The molecule has 0 aromatic carbocycles. The number of rotatable bonds is 3. The molecular weight excluding hydrogens is 235 g/mol. The summed E-state index contributed by atoms with van der Waals surface area (Å²) in [6.45, 7) is 1.82. The van der Waals surface area contributed by atoms with E-state index in [0.717, 1.165) is 6.54 Å². The zero-order chi connectivity index (χ0) is 10.8. The molecule has 2 rings (SSSR count). The first-order chi connectivity index (χ1) is 7.16. The molecule has 1 atom stereocenters. The molecule has 1 aliphatic rings. The molecule has 1 aliphatic heterocycles. The molecule has 1 aromatic heterocycles. The smallest absolute Gasteiger partial charge is 0.147 e. The summed E-state index contributed by atoms with van der Waals surface area (Å²) in [5.74, 6) is 0.671. The minimum absolute atomic E-state index is 0.310. The van der Waals surface area contributed by atoms with E-state index < -0.39 is 0 Å². The summed E-state index contributed by atoms with van der Waals surface area (Å²) >= 11 is 11.5. The van der Waals surface area contributed by atoms with Crippen LogP contribution in [0, 0.1) is 0 Å². The van der Waals surface area contributed by atoms with Crippen LogP contribution in [0.3, 0.4) is 0 Å². The second-order valence-corrected chi connectivity index (χ2v) is 4.44. The van der Waals surface area contributed by atoms with E-state index >= 15 is 0 Å². The SMILES string of the molecule is CN1CC[C@H]1COc1cnc(Cl)c(Cl)c1. The molecule has 0 aliphatic carbocycles. The fourth-order valence-electron chi connectivity index (χ4n) is 1.46. The maximum absolute atomic E-state index is 5.82. The van der Waals surface area contributed by atoms with Gasteiger partial charge in [-0.3, -0.25) is 4.90 Å². The lowest BCUT2D eigenvalue weighted by atomic mass is 10.1. The minimum atomic E-state index is 0.310. The van der Waals surface area contributed by atoms with Crippen LogP contribution in [0.1, 0.15) is 6.42 Å². The van der Waals surface area contributed by atoms with Crippen molar-refractivity contribution in [2.75, 3.05) is 20.2 Å². The lowest BCUT2D eigenvalue weighted by Gasteiger charge is -2.37. The third kappa shape index (κ3) is 2.54. The van der Waals surface area contributed by atoms with Gasteiger partial charge in [0.05, 0.1) is 11.2 Å². The highest BCUT2D eigenvalue weighted by Crippen LogP contribution is 2.24. The van der Waals surface area contributed by atoms with Crippen LogP contribution in [0.2, 0.25) is 10.2 Å². The maximum atomic E-state index is 5.82. The first-order valence-electron chi connectivity index (χ1n) is 4.81. The monoisotopic (exact) mass is 246 g/mol. The number of likely N-dealkylation sites (N-methyl/N-ethyl adjacent to an activating group) is 1. The van der Waals surface area contributed by atoms with Crippen LogP contribution >= 0.6 is 23.2 Å². The van der Waals surface area contributed by atoms with E-state index in [0.29, 0.717) is 28.6 Å². The molecule has 2 heterocycles. The van der Waals surface area contributed by atoms with Gasteiger partial charge in [0.25, 0.3) is 0 Å². The third-order valence-corrected chi connectivity index (χ3v) is 3.34. The van der Waals surface area contributed by atoms with Crippen LogP contribution in [0.5, 0.6) is 5.75 Å². The average Bonchev–Trinajstić information content (AvgIpc) is 2.21. The number of hydrogen-bond donors (Lipinski definition) is 0. The van der Waals surface area contributed by atoms with Crippen molar-refractivity contribution in [3.05, 3.63) is 22.4 Å². The Kier molecular flexibility index (Phi) is 3.34. The Labute approximate surface area is 98.9 Å². The average molecular weight is 247 g/mol. The van der Waals surface area contributed by atoms with Crippen molar-refractivity contribution in [1.82, 2.24) is 9.88 Å². The fraction of sp³-hybridized carbons (Fsp3) is 0.500. The summed E-state index contributed by atoms with van der Waals surface area (Å²) in [6, 6.07) is 2.20. The number of halogens is 2. The number of ether oxygens (including phenoxy) is 1. The zero-order valence-electron chi connectivity index (χ0n) is 8.41. The van der Waals surface area contributed by atoms with Gasteiger partial charge in [-0.05, 0) is 20.0 Å². The van der Waals surface area contributed by atoms with E-state index in [1.807, 2.05) is 0 Å². The van der Waals surface area contributed by atoms with Crippen molar-refractivity contribution in [2.24, 2.45) is 0 Å². The molecule has 3 nitrogen and oxygen atoms in total. The Morgan fingerprint density at radius 1 is 1.60 bits per heavy atom. The molecule has 1 aromatic rings. The Balaban J connectivity index is 1.90. The van der Waals surface area contributed by atoms with E-state index in [9.17, 15) is 0 Å². The molecule has 5 heteroatoms. The number of pyridine rings is 1. The summed E-state index contributed by atoms with van der Waals surface area (Å²) in [4.78, 5) is 6.17. The van der Waals surface area contributed by atoms with E-state index in [2.05, 4.69) is 16.9 Å². The second kappa shape index (κ2) is 4.56. The summed E-state index contributed by atoms with van der Waals surface area (Å²) in [6.07, 6.45) is 2.78. The Morgan fingerprint density at radius 3 is 2.93 bits per heavy atom. The van der Waals surface area contributed by atoms with Gasteiger partial charge in [-0.2, -0.15) is 0 Å². The molecule has 0 bridgehead atoms. The van der Waals surface area contributed by atoms with Crippen LogP contribution < -0.4 is 4.74 Å². The van der Waals surface area contributed by atoms with Gasteiger partial charge >= 0.3 is 0 Å². The molecule has 1 saturated heterocycles. The van der Waals surface area contributed by atoms with Crippen molar-refractivity contribution in [1.29, 1.82) is 0 Å². The largest absolute Gasteiger partial charge is 0.490 e. The van der Waals surface area contributed by atoms with Crippen LogP contribution in [-0.2, 0) is 0 Å². The van der Waals surface area contributed by atoms with Crippen molar-refractivity contribution in [3.8, 4) is 5.75 Å². The predicted octanol–water partition coefficient (Wildman–Crippen LogP) is 2.47. The highest BCUT2D eigenvalue weighted by atomic mass is 35.5. The normalized spacial score (nSPS) is 21.1. The molecular formula is C10H12Cl2N2O. The van der Waals surface area contributed by atoms with Crippen molar-refractivity contribution in [2.45, 2.75) is 12.5 Å². The summed E-state index contributed by atoms with van der Waals surface area (Å²) in [7, 11) is 2.09.